The van der Waals surface area contributed by atoms with E-state index in [-0.39, 0.29) is 0 Å². The molecule has 0 spiro atoms. The van der Waals surface area contributed by atoms with Crippen LogP contribution in [-0.4, -0.2) is 40.2 Å². The van der Waals surface area contributed by atoms with E-state index >= 15 is 0 Å². The van der Waals surface area contributed by atoms with Crippen LogP contribution in [0.15, 0.2) is 30.3 Å². The summed E-state index contributed by atoms with van der Waals surface area (Å²) in [5.74, 6) is 0. The Bertz CT molecular complexity index is 353. The first-order valence-electron chi connectivity index (χ1n) is 6.70. The minimum atomic E-state index is -1.44. The molecular formula is C15H24O4. The van der Waals surface area contributed by atoms with Gasteiger partial charge in [0.2, 0.25) is 0 Å². The molecule has 0 aliphatic heterocycles. The molecule has 1 atom stereocenters. The Hall–Kier alpha value is -0.940. The van der Waals surface area contributed by atoms with E-state index in [0.29, 0.717) is 12.0 Å². The minimum absolute atomic E-state index is 0.384. The van der Waals surface area contributed by atoms with Crippen LogP contribution in [0, 0.1) is 5.41 Å². The lowest BCUT2D eigenvalue weighted by molar-refractivity contribution is -0.164. The van der Waals surface area contributed by atoms with Crippen molar-refractivity contribution in [1.82, 2.24) is 0 Å². The van der Waals surface area contributed by atoms with Gasteiger partial charge in [0.05, 0.1) is 25.2 Å². The third kappa shape index (κ3) is 2.98. The molecule has 1 aromatic rings. The fourth-order valence-corrected chi connectivity index (χ4v) is 2.40. The van der Waals surface area contributed by atoms with Crippen LogP contribution < -0.4 is 0 Å². The van der Waals surface area contributed by atoms with Crippen molar-refractivity contribution in [1.29, 1.82) is 0 Å². The van der Waals surface area contributed by atoms with Gasteiger partial charge in [0.1, 0.15) is 5.60 Å². The van der Waals surface area contributed by atoms with E-state index in [0.717, 1.165) is 12.8 Å². The molecule has 4 N–H and O–H groups in total. The summed E-state index contributed by atoms with van der Waals surface area (Å²) in [6.07, 6.45) is 2.01. The monoisotopic (exact) mass is 268 g/mol. The van der Waals surface area contributed by atoms with Crippen LogP contribution in [0.2, 0.25) is 0 Å². The first-order chi connectivity index (χ1) is 9.10. The summed E-state index contributed by atoms with van der Waals surface area (Å²) in [6.45, 7) is 0.573. The lowest BCUT2D eigenvalue weighted by Crippen LogP contribution is -2.53. The van der Waals surface area contributed by atoms with E-state index in [1.807, 2.05) is 13.0 Å². The molecule has 1 aromatic carbocycles. The van der Waals surface area contributed by atoms with Crippen LogP contribution in [0.5, 0.6) is 0 Å². The average Bonchev–Trinajstić information content (AvgIpc) is 2.48. The predicted octanol–water partition coefficient (Wildman–Crippen LogP) is 1.03. The third-order valence-electron chi connectivity index (χ3n) is 3.93. The molecule has 0 saturated carbocycles. The predicted molar refractivity (Wildman–Crippen MR) is 73.6 cm³/mol. The highest BCUT2D eigenvalue weighted by Crippen LogP contribution is 2.43. The molecule has 1 rings (SSSR count). The third-order valence-corrected chi connectivity index (χ3v) is 3.93. The number of unbranched alkanes of at least 4 members (excludes halogenated alkanes) is 1. The molecule has 0 aromatic heterocycles. The summed E-state index contributed by atoms with van der Waals surface area (Å²) in [6, 6.07) is 8.94. The van der Waals surface area contributed by atoms with Crippen molar-refractivity contribution in [2.45, 2.75) is 31.8 Å². The maximum absolute atomic E-state index is 11.0. The standard InChI is InChI=1S/C15H24O4/c1-2-3-9-15(19,13-7-5-4-6-8-13)14(10-16,11-17)12-18/h4-8,16-19H,2-3,9-12H2,1H3. The first kappa shape index (κ1) is 16.1. The highest BCUT2D eigenvalue weighted by molar-refractivity contribution is 5.26. The number of hydrogen-bond donors (Lipinski definition) is 4. The normalized spacial score (nSPS) is 15.2. The van der Waals surface area contributed by atoms with Crippen LogP contribution in [0.4, 0.5) is 0 Å². The molecule has 0 aliphatic rings. The Morgan fingerprint density at radius 1 is 0.947 bits per heavy atom. The second kappa shape index (κ2) is 7.01. The van der Waals surface area contributed by atoms with Crippen molar-refractivity contribution in [2.75, 3.05) is 19.8 Å². The minimum Gasteiger partial charge on any atom is -0.395 e. The zero-order valence-corrected chi connectivity index (χ0v) is 11.4. The summed E-state index contributed by atoms with van der Waals surface area (Å²) in [5.41, 5.74) is -2.17. The van der Waals surface area contributed by atoms with E-state index in [1.54, 1.807) is 24.3 Å². The molecular weight excluding hydrogens is 244 g/mol. The van der Waals surface area contributed by atoms with Gasteiger partial charge in [-0.05, 0) is 12.0 Å². The van der Waals surface area contributed by atoms with Gasteiger partial charge in [0.25, 0.3) is 0 Å². The molecule has 0 heterocycles. The number of benzene rings is 1. The lowest BCUT2D eigenvalue weighted by atomic mass is 9.67. The Balaban J connectivity index is 3.26. The van der Waals surface area contributed by atoms with Gasteiger partial charge in [-0.3, -0.25) is 0 Å². The van der Waals surface area contributed by atoms with Gasteiger partial charge >= 0.3 is 0 Å². The van der Waals surface area contributed by atoms with Gasteiger partial charge in [-0.25, -0.2) is 0 Å². The Morgan fingerprint density at radius 2 is 1.47 bits per heavy atom. The number of aliphatic hydroxyl groups excluding tert-OH is 3. The van der Waals surface area contributed by atoms with Gasteiger partial charge in [0.15, 0.2) is 0 Å². The summed E-state index contributed by atoms with van der Waals surface area (Å²) >= 11 is 0. The second-order valence-electron chi connectivity index (χ2n) is 5.08. The number of aliphatic hydroxyl groups is 4. The second-order valence-corrected chi connectivity index (χ2v) is 5.08. The molecule has 0 fully saturated rings. The first-order valence-corrected chi connectivity index (χ1v) is 6.70. The van der Waals surface area contributed by atoms with E-state index in [4.69, 9.17) is 0 Å². The fourth-order valence-electron chi connectivity index (χ4n) is 2.40. The van der Waals surface area contributed by atoms with E-state index in [1.165, 1.54) is 0 Å². The molecule has 0 bridgehead atoms. The van der Waals surface area contributed by atoms with Gasteiger partial charge in [0, 0.05) is 0 Å². The van der Waals surface area contributed by atoms with Crippen molar-refractivity contribution < 1.29 is 20.4 Å². The highest BCUT2D eigenvalue weighted by Gasteiger charge is 2.50. The van der Waals surface area contributed by atoms with Gasteiger partial charge in [-0.2, -0.15) is 0 Å². The lowest BCUT2D eigenvalue weighted by Gasteiger charge is -2.44. The van der Waals surface area contributed by atoms with Crippen molar-refractivity contribution >= 4 is 0 Å². The molecule has 0 amide bonds. The van der Waals surface area contributed by atoms with Crippen molar-refractivity contribution in [3.05, 3.63) is 35.9 Å². The van der Waals surface area contributed by atoms with Gasteiger partial charge in [-0.15, -0.1) is 0 Å². The Kier molecular flexibility index (Phi) is 5.94. The number of hydrogen-bond acceptors (Lipinski definition) is 4. The van der Waals surface area contributed by atoms with Crippen molar-refractivity contribution in [3.8, 4) is 0 Å². The maximum Gasteiger partial charge on any atom is 0.102 e. The maximum atomic E-state index is 11.0. The molecule has 0 saturated heterocycles. The molecule has 4 nitrogen and oxygen atoms in total. The fraction of sp³-hybridized carbons (Fsp3) is 0.600. The van der Waals surface area contributed by atoms with Crippen molar-refractivity contribution in [3.63, 3.8) is 0 Å². The van der Waals surface area contributed by atoms with E-state index < -0.39 is 30.8 Å². The summed E-state index contributed by atoms with van der Waals surface area (Å²) in [4.78, 5) is 0. The quantitative estimate of drug-likeness (QED) is 0.567. The molecule has 1 unspecified atom stereocenters. The largest absolute Gasteiger partial charge is 0.395 e. The van der Waals surface area contributed by atoms with Crippen LogP contribution in [-0.2, 0) is 5.60 Å². The van der Waals surface area contributed by atoms with E-state index in [2.05, 4.69) is 0 Å². The Morgan fingerprint density at radius 3 is 1.89 bits per heavy atom. The van der Waals surface area contributed by atoms with Gasteiger partial charge in [-0.1, -0.05) is 50.1 Å². The highest BCUT2D eigenvalue weighted by atomic mass is 16.3. The van der Waals surface area contributed by atoms with Crippen molar-refractivity contribution in [2.24, 2.45) is 5.41 Å². The molecule has 19 heavy (non-hydrogen) atoms. The van der Waals surface area contributed by atoms with Crippen LogP contribution in [0.3, 0.4) is 0 Å². The van der Waals surface area contributed by atoms with Crippen LogP contribution >= 0.6 is 0 Å². The Labute approximate surface area is 114 Å². The SMILES string of the molecule is CCCCC(O)(c1ccccc1)C(CO)(CO)CO. The molecule has 108 valence electrons. The van der Waals surface area contributed by atoms with E-state index in [9.17, 15) is 20.4 Å². The summed E-state index contributed by atoms with van der Waals surface area (Å²) < 4.78 is 0. The average molecular weight is 268 g/mol. The smallest absolute Gasteiger partial charge is 0.102 e. The molecule has 4 heteroatoms. The zero-order chi connectivity index (χ0) is 14.4. The molecule has 0 radical (unpaired) electrons. The molecule has 0 aliphatic carbocycles. The zero-order valence-electron chi connectivity index (χ0n) is 11.4. The van der Waals surface area contributed by atoms with Crippen LogP contribution in [0.1, 0.15) is 31.7 Å². The summed E-state index contributed by atoms with van der Waals surface area (Å²) in [7, 11) is 0. The van der Waals surface area contributed by atoms with Crippen LogP contribution in [0.25, 0.3) is 0 Å². The topological polar surface area (TPSA) is 80.9 Å². The van der Waals surface area contributed by atoms with Gasteiger partial charge < -0.3 is 20.4 Å². The number of rotatable bonds is 8. The summed E-state index contributed by atoms with van der Waals surface area (Å²) in [5, 5.41) is 39.8.